The number of thioether (sulfide) groups is 1. The van der Waals surface area contributed by atoms with Crippen LogP contribution >= 0.6 is 11.8 Å². The third-order valence-corrected chi connectivity index (χ3v) is 4.41. The summed E-state index contributed by atoms with van der Waals surface area (Å²) in [5.41, 5.74) is 0.393. The van der Waals surface area contributed by atoms with E-state index < -0.39 is 22.7 Å². The van der Waals surface area contributed by atoms with Crippen molar-refractivity contribution in [2.75, 3.05) is 0 Å². The maximum Gasteiger partial charge on any atom is 0.321 e. The molecule has 0 aliphatic rings. The number of nitrogens with one attached hydrogen (secondary N) is 2. The lowest BCUT2D eigenvalue weighted by Gasteiger charge is -2.21. The second kappa shape index (κ2) is 8.81. The third-order valence-electron chi connectivity index (χ3n) is 3.32. The van der Waals surface area contributed by atoms with E-state index in [1.165, 1.54) is 11.8 Å². The predicted molar refractivity (Wildman–Crippen MR) is 105 cm³/mol. The molecule has 0 radical (unpaired) electrons. The molecule has 3 amide bonds. The Morgan fingerprint density at radius 3 is 2.70 bits per heavy atom. The molecular formula is C18H24N6O2S. The van der Waals surface area contributed by atoms with Crippen LogP contribution in [0.5, 0.6) is 0 Å². The quantitative estimate of drug-likeness (QED) is 0.583. The lowest BCUT2D eigenvalue weighted by molar-refractivity contribution is -0.119. The highest BCUT2D eigenvalue weighted by Crippen LogP contribution is 2.26. The fraction of sp³-hybridized carbons (Fsp3) is 0.389. The molecular weight excluding hydrogens is 364 g/mol. The van der Waals surface area contributed by atoms with Crippen LogP contribution < -0.4 is 10.6 Å². The van der Waals surface area contributed by atoms with Crippen molar-refractivity contribution in [1.29, 1.82) is 0 Å². The molecule has 1 atom stereocenters. The summed E-state index contributed by atoms with van der Waals surface area (Å²) in [5.74, 6) is 0.237. The number of carbonyl (C=O) groups excluding carboxylic acids is 2. The Balaban J connectivity index is 2.12. The van der Waals surface area contributed by atoms with Crippen LogP contribution in [0.3, 0.4) is 0 Å². The fourth-order valence-electron chi connectivity index (χ4n) is 2.18. The molecule has 0 saturated carbocycles. The molecule has 2 N–H and O–H groups in total. The van der Waals surface area contributed by atoms with Crippen molar-refractivity contribution in [2.24, 2.45) is 0 Å². The Hall–Kier alpha value is -2.68. The molecule has 2 rings (SSSR count). The second-order valence-electron chi connectivity index (χ2n) is 6.90. The van der Waals surface area contributed by atoms with Gasteiger partial charge in [0.05, 0.1) is 5.25 Å². The summed E-state index contributed by atoms with van der Waals surface area (Å²) in [6.07, 6.45) is 5.11. The summed E-state index contributed by atoms with van der Waals surface area (Å²) in [4.78, 5) is 28.3. The van der Waals surface area contributed by atoms with Gasteiger partial charge in [0, 0.05) is 30.0 Å². The van der Waals surface area contributed by atoms with Gasteiger partial charge < -0.3 is 5.32 Å². The summed E-state index contributed by atoms with van der Waals surface area (Å²) in [6, 6.07) is 3.18. The zero-order valence-electron chi connectivity index (χ0n) is 15.9. The summed E-state index contributed by atoms with van der Waals surface area (Å²) >= 11 is 1.22. The van der Waals surface area contributed by atoms with E-state index in [4.69, 9.17) is 0 Å². The second-order valence-corrected chi connectivity index (χ2v) is 8.21. The van der Waals surface area contributed by atoms with Gasteiger partial charge in [-0.15, -0.1) is 16.8 Å². The Morgan fingerprint density at radius 1 is 1.37 bits per heavy atom. The van der Waals surface area contributed by atoms with Crippen LogP contribution in [0.25, 0.3) is 11.4 Å². The SMILES string of the molecule is C=CCn1c(S[C@H](C)C(=O)NC(=O)NC(C)(C)C)nnc1-c1cccnc1. The molecule has 0 spiro atoms. The molecule has 0 saturated heterocycles. The standard InChI is InChI=1S/C18H24N6O2S/c1-6-10-24-14(13-8-7-9-19-11-13)22-23-17(24)27-12(2)15(25)20-16(26)21-18(3,4)5/h6-9,11-12H,1,10H2,2-5H3,(H2,20,21,25,26)/t12-/m1/s1. The number of hydrogen-bond donors (Lipinski definition) is 2. The van der Waals surface area contributed by atoms with Crippen molar-refractivity contribution in [3.05, 3.63) is 37.2 Å². The average molecular weight is 388 g/mol. The Kier molecular flexibility index (Phi) is 6.73. The Labute approximate surface area is 162 Å². The van der Waals surface area contributed by atoms with Crippen LogP contribution in [0.4, 0.5) is 4.79 Å². The summed E-state index contributed by atoms with van der Waals surface area (Å²) in [6.45, 7) is 11.5. The molecule has 0 unspecified atom stereocenters. The van der Waals surface area contributed by atoms with Crippen molar-refractivity contribution in [3.8, 4) is 11.4 Å². The number of aromatic nitrogens is 4. The zero-order chi connectivity index (χ0) is 20.0. The minimum absolute atomic E-state index is 0.405. The first-order chi connectivity index (χ1) is 12.7. The minimum atomic E-state index is -0.537. The number of imide groups is 1. The summed E-state index contributed by atoms with van der Waals surface area (Å²) < 4.78 is 1.85. The molecule has 2 aromatic heterocycles. The van der Waals surface area contributed by atoms with E-state index >= 15 is 0 Å². The first-order valence-electron chi connectivity index (χ1n) is 8.45. The van der Waals surface area contributed by atoms with Crippen molar-refractivity contribution in [1.82, 2.24) is 30.4 Å². The highest BCUT2D eigenvalue weighted by atomic mass is 32.2. The van der Waals surface area contributed by atoms with Gasteiger partial charge in [-0.2, -0.15) is 0 Å². The number of amides is 3. The highest BCUT2D eigenvalue weighted by Gasteiger charge is 2.23. The van der Waals surface area contributed by atoms with Crippen molar-refractivity contribution in [3.63, 3.8) is 0 Å². The van der Waals surface area contributed by atoms with Gasteiger partial charge in [-0.3, -0.25) is 19.7 Å². The van der Waals surface area contributed by atoms with Crippen LogP contribution in [0, 0.1) is 0 Å². The van der Waals surface area contributed by atoms with Crippen LogP contribution in [-0.4, -0.2) is 42.5 Å². The van der Waals surface area contributed by atoms with Crippen LogP contribution in [0.15, 0.2) is 42.3 Å². The smallest absolute Gasteiger partial charge is 0.321 e. The third kappa shape index (κ3) is 5.92. The van der Waals surface area contributed by atoms with Crippen molar-refractivity contribution < 1.29 is 9.59 Å². The van der Waals surface area contributed by atoms with E-state index in [0.717, 1.165) is 5.56 Å². The van der Waals surface area contributed by atoms with Gasteiger partial charge >= 0.3 is 6.03 Å². The van der Waals surface area contributed by atoms with Gasteiger partial charge in [-0.05, 0) is 39.8 Å². The number of urea groups is 1. The lowest BCUT2D eigenvalue weighted by Crippen LogP contribution is -2.49. The van der Waals surface area contributed by atoms with Crippen LogP contribution in [-0.2, 0) is 11.3 Å². The molecule has 0 aromatic carbocycles. The van der Waals surface area contributed by atoms with Crippen LogP contribution in [0.1, 0.15) is 27.7 Å². The maximum atomic E-state index is 12.3. The lowest BCUT2D eigenvalue weighted by atomic mass is 10.1. The zero-order valence-corrected chi connectivity index (χ0v) is 16.7. The largest absolute Gasteiger partial charge is 0.333 e. The minimum Gasteiger partial charge on any atom is -0.333 e. The summed E-state index contributed by atoms with van der Waals surface area (Å²) in [5, 5.41) is 13.5. The number of carbonyl (C=O) groups is 2. The predicted octanol–water partition coefficient (Wildman–Crippen LogP) is 2.63. The Bertz CT molecular complexity index is 813. The van der Waals surface area contributed by atoms with E-state index in [9.17, 15) is 9.59 Å². The molecule has 2 aromatic rings. The van der Waals surface area contributed by atoms with Gasteiger partial charge in [-0.1, -0.05) is 17.8 Å². The van der Waals surface area contributed by atoms with E-state index in [1.54, 1.807) is 25.4 Å². The van der Waals surface area contributed by atoms with Gasteiger partial charge in [0.15, 0.2) is 11.0 Å². The monoisotopic (exact) mass is 388 g/mol. The molecule has 0 bridgehead atoms. The van der Waals surface area contributed by atoms with Crippen molar-refractivity contribution in [2.45, 2.75) is 50.2 Å². The van der Waals surface area contributed by atoms with E-state index in [-0.39, 0.29) is 0 Å². The van der Waals surface area contributed by atoms with Crippen LogP contribution in [0.2, 0.25) is 0 Å². The number of pyridine rings is 1. The first-order valence-corrected chi connectivity index (χ1v) is 9.33. The van der Waals surface area contributed by atoms with Gasteiger partial charge in [0.1, 0.15) is 0 Å². The molecule has 9 heteroatoms. The van der Waals surface area contributed by atoms with Gasteiger partial charge in [-0.25, -0.2) is 4.79 Å². The van der Waals surface area contributed by atoms with E-state index in [1.807, 2.05) is 37.5 Å². The first kappa shape index (κ1) is 20.6. The molecule has 0 aliphatic carbocycles. The normalized spacial score (nSPS) is 12.3. The average Bonchev–Trinajstić information content (AvgIpc) is 2.96. The molecule has 27 heavy (non-hydrogen) atoms. The molecule has 2 heterocycles. The van der Waals surface area contributed by atoms with E-state index in [0.29, 0.717) is 17.5 Å². The topological polar surface area (TPSA) is 102 Å². The fourth-order valence-corrected chi connectivity index (χ4v) is 3.03. The highest BCUT2D eigenvalue weighted by molar-refractivity contribution is 8.00. The number of allylic oxidation sites excluding steroid dienone is 1. The number of nitrogens with zero attached hydrogens (tertiary/aromatic N) is 4. The summed E-state index contributed by atoms with van der Waals surface area (Å²) in [7, 11) is 0. The van der Waals surface area contributed by atoms with Crippen molar-refractivity contribution >= 4 is 23.7 Å². The molecule has 144 valence electrons. The maximum absolute atomic E-state index is 12.3. The van der Waals surface area contributed by atoms with Gasteiger partial charge in [0.25, 0.3) is 0 Å². The molecule has 8 nitrogen and oxygen atoms in total. The molecule has 0 fully saturated rings. The Morgan fingerprint density at radius 2 is 2.11 bits per heavy atom. The molecule has 0 aliphatic heterocycles. The van der Waals surface area contributed by atoms with E-state index in [2.05, 4.69) is 32.4 Å². The number of hydrogen-bond acceptors (Lipinski definition) is 6. The van der Waals surface area contributed by atoms with Gasteiger partial charge in [0.2, 0.25) is 5.91 Å². The number of rotatable bonds is 6.